The Kier molecular flexibility index (Phi) is 4.49. The highest BCUT2D eigenvalue weighted by atomic mass is 79.9. The highest BCUT2D eigenvalue weighted by Crippen LogP contribution is 2.28. The van der Waals surface area contributed by atoms with E-state index in [4.69, 9.17) is 4.42 Å². The van der Waals surface area contributed by atoms with E-state index >= 15 is 0 Å². The standard InChI is InChI=1S/C13H14BrFN2O/c1-2-6-16-12(13-10(14)5-7-18-13)11-4-3-9(15)8-17-11/h3-5,7-8,12,16H,2,6H2,1H3. The lowest BCUT2D eigenvalue weighted by Gasteiger charge is -2.16. The zero-order valence-electron chi connectivity index (χ0n) is 9.99. The Labute approximate surface area is 114 Å². The number of hydrogen-bond donors (Lipinski definition) is 1. The van der Waals surface area contributed by atoms with E-state index in [1.807, 2.05) is 6.07 Å². The summed E-state index contributed by atoms with van der Waals surface area (Å²) in [5.74, 6) is 0.411. The van der Waals surface area contributed by atoms with Crippen LogP contribution in [0.3, 0.4) is 0 Å². The zero-order chi connectivity index (χ0) is 13.0. The molecule has 0 radical (unpaired) electrons. The summed E-state index contributed by atoms with van der Waals surface area (Å²) in [6.07, 6.45) is 3.83. The minimum absolute atomic E-state index is 0.171. The Morgan fingerprint density at radius 1 is 1.44 bits per heavy atom. The van der Waals surface area contributed by atoms with Gasteiger partial charge in [-0.15, -0.1) is 0 Å². The first-order valence-corrected chi connectivity index (χ1v) is 6.59. The van der Waals surface area contributed by atoms with Gasteiger partial charge in [0.05, 0.1) is 22.6 Å². The van der Waals surface area contributed by atoms with Gasteiger partial charge in [0.1, 0.15) is 17.6 Å². The van der Waals surface area contributed by atoms with Gasteiger partial charge in [-0.05, 0) is 47.1 Å². The molecule has 0 aliphatic rings. The highest BCUT2D eigenvalue weighted by molar-refractivity contribution is 9.10. The van der Waals surface area contributed by atoms with Crippen molar-refractivity contribution in [1.82, 2.24) is 10.3 Å². The van der Waals surface area contributed by atoms with Gasteiger partial charge in [-0.1, -0.05) is 6.92 Å². The maximum Gasteiger partial charge on any atom is 0.141 e. The van der Waals surface area contributed by atoms with Crippen molar-refractivity contribution in [3.05, 3.63) is 52.4 Å². The Bertz CT molecular complexity index is 498. The van der Waals surface area contributed by atoms with E-state index in [0.717, 1.165) is 28.9 Å². The molecule has 1 atom stereocenters. The normalized spacial score (nSPS) is 12.6. The minimum atomic E-state index is -0.341. The molecule has 0 spiro atoms. The molecule has 2 rings (SSSR count). The van der Waals surface area contributed by atoms with Gasteiger partial charge >= 0.3 is 0 Å². The predicted octanol–water partition coefficient (Wildman–Crippen LogP) is 3.67. The second kappa shape index (κ2) is 6.11. The number of nitrogens with one attached hydrogen (secondary N) is 1. The summed E-state index contributed by atoms with van der Waals surface area (Å²) in [6, 6.07) is 4.73. The lowest BCUT2D eigenvalue weighted by Crippen LogP contribution is -2.24. The van der Waals surface area contributed by atoms with Gasteiger partial charge < -0.3 is 9.73 Å². The Hall–Kier alpha value is -1.20. The highest BCUT2D eigenvalue weighted by Gasteiger charge is 2.20. The first kappa shape index (κ1) is 13.2. The maximum absolute atomic E-state index is 12.9. The summed E-state index contributed by atoms with van der Waals surface area (Å²) >= 11 is 3.43. The zero-order valence-corrected chi connectivity index (χ0v) is 11.6. The molecule has 0 bridgehead atoms. The lowest BCUT2D eigenvalue weighted by atomic mass is 10.1. The summed E-state index contributed by atoms with van der Waals surface area (Å²) in [7, 11) is 0. The van der Waals surface area contributed by atoms with Gasteiger partial charge in [0.25, 0.3) is 0 Å². The van der Waals surface area contributed by atoms with E-state index in [9.17, 15) is 4.39 Å². The number of aromatic nitrogens is 1. The molecule has 0 amide bonds. The van der Waals surface area contributed by atoms with Crippen molar-refractivity contribution >= 4 is 15.9 Å². The van der Waals surface area contributed by atoms with Crippen LogP contribution in [-0.4, -0.2) is 11.5 Å². The van der Waals surface area contributed by atoms with Crippen molar-refractivity contribution in [3.8, 4) is 0 Å². The molecule has 3 nitrogen and oxygen atoms in total. The third kappa shape index (κ3) is 2.97. The molecule has 5 heteroatoms. The summed E-state index contributed by atoms with van der Waals surface area (Å²) in [4.78, 5) is 4.11. The van der Waals surface area contributed by atoms with Crippen LogP contribution >= 0.6 is 15.9 Å². The van der Waals surface area contributed by atoms with E-state index in [1.165, 1.54) is 12.3 Å². The number of halogens is 2. The lowest BCUT2D eigenvalue weighted by molar-refractivity contribution is 0.438. The average molecular weight is 313 g/mol. The molecule has 0 saturated carbocycles. The van der Waals surface area contributed by atoms with Crippen LogP contribution in [-0.2, 0) is 0 Å². The average Bonchev–Trinajstić information content (AvgIpc) is 2.78. The molecule has 0 saturated heterocycles. The van der Waals surface area contributed by atoms with Gasteiger partial charge in [0.15, 0.2) is 0 Å². The van der Waals surface area contributed by atoms with Crippen LogP contribution in [0.4, 0.5) is 4.39 Å². The van der Waals surface area contributed by atoms with E-state index in [0.29, 0.717) is 0 Å². The molecule has 1 N–H and O–H groups in total. The minimum Gasteiger partial charge on any atom is -0.466 e. The molecule has 2 aromatic heterocycles. The van der Waals surface area contributed by atoms with Gasteiger partial charge in [-0.3, -0.25) is 4.98 Å². The summed E-state index contributed by atoms with van der Waals surface area (Å²) in [6.45, 7) is 2.91. The molecule has 0 aliphatic carbocycles. The van der Waals surface area contributed by atoms with E-state index < -0.39 is 0 Å². The second-order valence-electron chi connectivity index (χ2n) is 3.92. The van der Waals surface area contributed by atoms with Crippen LogP contribution in [0.2, 0.25) is 0 Å². The number of nitrogens with zero attached hydrogens (tertiary/aromatic N) is 1. The quantitative estimate of drug-likeness (QED) is 0.915. The molecular weight excluding hydrogens is 299 g/mol. The molecule has 0 fully saturated rings. The van der Waals surface area contributed by atoms with Crippen molar-refractivity contribution in [1.29, 1.82) is 0 Å². The van der Waals surface area contributed by atoms with Gasteiger partial charge in [-0.2, -0.15) is 0 Å². The van der Waals surface area contributed by atoms with Crippen molar-refractivity contribution in [2.45, 2.75) is 19.4 Å². The molecular formula is C13H14BrFN2O. The van der Waals surface area contributed by atoms with Crippen LogP contribution in [0.5, 0.6) is 0 Å². The van der Waals surface area contributed by atoms with E-state index in [1.54, 1.807) is 12.3 Å². The van der Waals surface area contributed by atoms with Crippen molar-refractivity contribution in [3.63, 3.8) is 0 Å². The van der Waals surface area contributed by atoms with Gasteiger partial charge in [-0.25, -0.2) is 4.39 Å². The summed E-state index contributed by atoms with van der Waals surface area (Å²) in [5, 5.41) is 3.34. The number of furan rings is 1. The van der Waals surface area contributed by atoms with E-state index in [2.05, 4.69) is 33.2 Å². The van der Waals surface area contributed by atoms with E-state index in [-0.39, 0.29) is 11.9 Å². The molecule has 0 aromatic carbocycles. The first-order chi connectivity index (χ1) is 8.72. The fourth-order valence-electron chi connectivity index (χ4n) is 1.69. The largest absolute Gasteiger partial charge is 0.466 e. The number of hydrogen-bond acceptors (Lipinski definition) is 3. The van der Waals surface area contributed by atoms with Crippen LogP contribution in [0.25, 0.3) is 0 Å². The maximum atomic E-state index is 12.9. The second-order valence-corrected chi connectivity index (χ2v) is 4.78. The fourth-order valence-corrected chi connectivity index (χ4v) is 2.12. The fraction of sp³-hybridized carbons (Fsp3) is 0.308. The third-order valence-corrected chi connectivity index (χ3v) is 3.21. The van der Waals surface area contributed by atoms with Gasteiger partial charge in [0, 0.05) is 0 Å². The molecule has 0 aliphatic heterocycles. The van der Waals surface area contributed by atoms with Crippen molar-refractivity contribution < 1.29 is 8.81 Å². The van der Waals surface area contributed by atoms with Gasteiger partial charge in [0.2, 0.25) is 0 Å². The Balaban J connectivity index is 2.30. The summed E-state index contributed by atoms with van der Waals surface area (Å²) in [5.41, 5.74) is 0.737. The van der Waals surface area contributed by atoms with Crippen LogP contribution < -0.4 is 5.32 Å². The summed E-state index contributed by atoms with van der Waals surface area (Å²) < 4.78 is 19.3. The van der Waals surface area contributed by atoms with Crippen molar-refractivity contribution in [2.75, 3.05) is 6.54 Å². The molecule has 96 valence electrons. The van der Waals surface area contributed by atoms with Crippen LogP contribution in [0, 0.1) is 5.82 Å². The molecule has 2 aromatic rings. The Morgan fingerprint density at radius 3 is 2.83 bits per heavy atom. The van der Waals surface area contributed by atoms with Crippen molar-refractivity contribution in [2.24, 2.45) is 0 Å². The molecule has 1 unspecified atom stereocenters. The Morgan fingerprint density at radius 2 is 2.28 bits per heavy atom. The van der Waals surface area contributed by atoms with Crippen LogP contribution in [0.1, 0.15) is 30.8 Å². The molecule has 2 heterocycles. The number of pyridine rings is 1. The third-order valence-electron chi connectivity index (χ3n) is 2.55. The SMILES string of the molecule is CCCNC(c1ccc(F)cn1)c1occc1Br. The topological polar surface area (TPSA) is 38.1 Å². The van der Waals surface area contributed by atoms with Crippen LogP contribution in [0.15, 0.2) is 39.5 Å². The first-order valence-electron chi connectivity index (χ1n) is 5.80. The smallest absolute Gasteiger partial charge is 0.141 e. The molecule has 18 heavy (non-hydrogen) atoms. The number of rotatable bonds is 5. The predicted molar refractivity (Wildman–Crippen MR) is 70.7 cm³/mol. The monoisotopic (exact) mass is 312 g/mol.